The summed E-state index contributed by atoms with van der Waals surface area (Å²) in [5.41, 5.74) is -0.0476. The Hall–Kier alpha value is -2.21. The zero-order valence-corrected chi connectivity index (χ0v) is 16.0. The van der Waals surface area contributed by atoms with Crippen LogP contribution >= 0.6 is 0 Å². The number of fused-ring (bicyclic) bond motifs is 1. The minimum Gasteiger partial charge on any atom is -0.342 e. The van der Waals surface area contributed by atoms with Crippen molar-refractivity contribution in [3.8, 4) is 0 Å². The van der Waals surface area contributed by atoms with E-state index >= 15 is 0 Å². The van der Waals surface area contributed by atoms with Gasteiger partial charge >= 0.3 is 0 Å². The molecule has 2 aromatic rings. The van der Waals surface area contributed by atoms with Gasteiger partial charge in [0.05, 0.1) is 18.3 Å². The largest absolute Gasteiger partial charge is 0.342 e. The Morgan fingerprint density at radius 3 is 2.70 bits per heavy atom. The number of benzene rings is 1. The topological polar surface area (TPSA) is 58.4 Å². The number of hydrogen-bond donors (Lipinski definition) is 0. The summed E-state index contributed by atoms with van der Waals surface area (Å²) in [6.45, 7) is 6.22. The average molecular weight is 368 g/mol. The number of hydrogen-bond acceptors (Lipinski definition) is 4. The number of piperidine rings is 2. The highest BCUT2D eigenvalue weighted by atomic mass is 16.2. The van der Waals surface area contributed by atoms with Crippen molar-refractivity contribution in [1.82, 2.24) is 19.6 Å². The van der Waals surface area contributed by atoms with E-state index in [4.69, 9.17) is 0 Å². The Morgan fingerprint density at radius 2 is 1.93 bits per heavy atom. The molecule has 1 atom stereocenters. The highest BCUT2D eigenvalue weighted by Gasteiger charge is 2.30. The number of likely N-dealkylation sites (tertiary alicyclic amines) is 2. The summed E-state index contributed by atoms with van der Waals surface area (Å²) in [4.78, 5) is 29.7. The van der Waals surface area contributed by atoms with E-state index in [-0.39, 0.29) is 11.5 Å². The summed E-state index contributed by atoms with van der Waals surface area (Å²) in [5.74, 6) is 1.09. The second-order valence-electron chi connectivity index (χ2n) is 8.10. The van der Waals surface area contributed by atoms with Gasteiger partial charge in [0.1, 0.15) is 0 Å². The third-order valence-electron chi connectivity index (χ3n) is 6.00. The van der Waals surface area contributed by atoms with Crippen LogP contribution in [-0.4, -0.2) is 51.7 Å². The molecule has 1 aromatic heterocycles. The van der Waals surface area contributed by atoms with Crippen LogP contribution in [0.1, 0.15) is 32.6 Å². The molecule has 0 N–H and O–H groups in total. The van der Waals surface area contributed by atoms with E-state index in [1.807, 2.05) is 24.3 Å². The molecule has 0 aliphatic carbocycles. The predicted octanol–water partition coefficient (Wildman–Crippen LogP) is 2.32. The number of aromatic nitrogens is 2. The summed E-state index contributed by atoms with van der Waals surface area (Å²) in [6.07, 6.45) is 5.85. The molecule has 27 heavy (non-hydrogen) atoms. The van der Waals surface area contributed by atoms with E-state index in [0.29, 0.717) is 23.9 Å². The molecule has 0 spiro atoms. The SMILES string of the molecule is CC1CCCN(C(=O)C2CCN(Cn3ncc4ccccc4c3=O)CC2)C1. The van der Waals surface area contributed by atoms with Gasteiger partial charge in [-0.2, -0.15) is 5.10 Å². The van der Waals surface area contributed by atoms with E-state index in [2.05, 4.69) is 21.8 Å². The summed E-state index contributed by atoms with van der Waals surface area (Å²) in [6, 6.07) is 7.55. The van der Waals surface area contributed by atoms with Gasteiger partial charge in [-0.15, -0.1) is 0 Å². The maximum absolute atomic E-state index is 12.8. The monoisotopic (exact) mass is 368 g/mol. The molecule has 6 nitrogen and oxygen atoms in total. The fourth-order valence-electron chi connectivity index (χ4n) is 4.39. The Morgan fingerprint density at radius 1 is 1.15 bits per heavy atom. The van der Waals surface area contributed by atoms with Crippen molar-refractivity contribution >= 4 is 16.7 Å². The molecule has 0 radical (unpaired) electrons. The number of carbonyl (C=O) groups excluding carboxylic acids is 1. The summed E-state index contributed by atoms with van der Waals surface area (Å²) >= 11 is 0. The lowest BCUT2D eigenvalue weighted by Crippen LogP contribution is -2.46. The van der Waals surface area contributed by atoms with Gasteiger partial charge in [-0.3, -0.25) is 14.5 Å². The van der Waals surface area contributed by atoms with Crippen LogP contribution in [-0.2, 0) is 11.5 Å². The van der Waals surface area contributed by atoms with Crippen LogP contribution in [0.4, 0.5) is 0 Å². The highest BCUT2D eigenvalue weighted by molar-refractivity contribution is 5.80. The zero-order chi connectivity index (χ0) is 18.8. The van der Waals surface area contributed by atoms with Crippen LogP contribution < -0.4 is 5.56 Å². The first-order valence-electron chi connectivity index (χ1n) is 10.1. The summed E-state index contributed by atoms with van der Waals surface area (Å²) in [5, 5.41) is 5.90. The molecule has 6 heteroatoms. The quantitative estimate of drug-likeness (QED) is 0.834. The highest BCUT2D eigenvalue weighted by Crippen LogP contribution is 2.23. The first-order valence-corrected chi connectivity index (χ1v) is 10.1. The molecule has 1 amide bonds. The Balaban J connectivity index is 1.36. The Kier molecular flexibility index (Phi) is 5.25. The normalized spacial score (nSPS) is 22.3. The smallest absolute Gasteiger partial charge is 0.275 e. The zero-order valence-electron chi connectivity index (χ0n) is 16.0. The van der Waals surface area contributed by atoms with Crippen molar-refractivity contribution in [3.05, 3.63) is 40.8 Å². The van der Waals surface area contributed by atoms with Gasteiger partial charge in [0.15, 0.2) is 0 Å². The van der Waals surface area contributed by atoms with Crippen LogP contribution in [0.15, 0.2) is 35.3 Å². The molecule has 3 heterocycles. The standard InChI is InChI=1S/C21H28N4O2/c1-16-5-4-10-24(14-16)20(26)17-8-11-23(12-9-17)15-25-21(27)19-7-3-2-6-18(19)13-22-25/h2-3,6-7,13,16-17H,4-5,8-12,14-15H2,1H3. The van der Waals surface area contributed by atoms with Gasteiger partial charge < -0.3 is 4.90 Å². The van der Waals surface area contributed by atoms with Crippen molar-refractivity contribution in [2.75, 3.05) is 26.2 Å². The third-order valence-corrected chi connectivity index (χ3v) is 6.00. The molecule has 2 fully saturated rings. The molecular weight excluding hydrogens is 340 g/mol. The van der Waals surface area contributed by atoms with Crippen LogP contribution in [0.25, 0.3) is 10.8 Å². The van der Waals surface area contributed by atoms with Gasteiger partial charge in [0.2, 0.25) is 5.91 Å². The van der Waals surface area contributed by atoms with Crippen LogP contribution in [0, 0.1) is 11.8 Å². The van der Waals surface area contributed by atoms with Crippen molar-refractivity contribution < 1.29 is 4.79 Å². The second kappa shape index (κ2) is 7.80. The van der Waals surface area contributed by atoms with Gasteiger partial charge in [0, 0.05) is 37.5 Å². The van der Waals surface area contributed by atoms with E-state index in [1.54, 1.807) is 6.20 Å². The van der Waals surface area contributed by atoms with Gasteiger partial charge in [0.25, 0.3) is 5.56 Å². The lowest BCUT2D eigenvalue weighted by atomic mass is 9.93. The molecule has 1 aromatic carbocycles. The Labute approximate surface area is 159 Å². The van der Waals surface area contributed by atoms with E-state index in [9.17, 15) is 9.59 Å². The van der Waals surface area contributed by atoms with Crippen LogP contribution in [0.3, 0.4) is 0 Å². The van der Waals surface area contributed by atoms with Gasteiger partial charge in [-0.25, -0.2) is 4.68 Å². The molecule has 0 saturated carbocycles. The van der Waals surface area contributed by atoms with Crippen molar-refractivity contribution in [1.29, 1.82) is 0 Å². The minimum atomic E-state index is -0.0476. The maximum Gasteiger partial charge on any atom is 0.275 e. The predicted molar refractivity (Wildman–Crippen MR) is 105 cm³/mol. The van der Waals surface area contributed by atoms with Crippen LogP contribution in [0.2, 0.25) is 0 Å². The fourth-order valence-corrected chi connectivity index (χ4v) is 4.39. The molecular formula is C21H28N4O2. The Bertz CT molecular complexity index is 870. The molecule has 0 bridgehead atoms. The number of nitrogens with zero attached hydrogens (tertiary/aromatic N) is 4. The van der Waals surface area contributed by atoms with Crippen LogP contribution in [0.5, 0.6) is 0 Å². The number of amides is 1. The number of carbonyl (C=O) groups is 1. The van der Waals surface area contributed by atoms with Gasteiger partial charge in [-0.1, -0.05) is 25.1 Å². The van der Waals surface area contributed by atoms with E-state index in [1.165, 1.54) is 11.1 Å². The van der Waals surface area contributed by atoms with Crippen molar-refractivity contribution in [2.24, 2.45) is 11.8 Å². The second-order valence-corrected chi connectivity index (χ2v) is 8.10. The molecule has 144 valence electrons. The summed E-state index contributed by atoms with van der Waals surface area (Å²) in [7, 11) is 0. The molecule has 1 unspecified atom stereocenters. The first kappa shape index (κ1) is 18.2. The fraction of sp³-hybridized carbons (Fsp3) is 0.571. The van der Waals surface area contributed by atoms with E-state index < -0.39 is 0 Å². The van der Waals surface area contributed by atoms with E-state index in [0.717, 1.165) is 50.8 Å². The molecule has 2 aliphatic heterocycles. The molecule has 2 saturated heterocycles. The van der Waals surface area contributed by atoms with Gasteiger partial charge in [-0.05, 0) is 37.7 Å². The molecule has 2 aliphatic rings. The third kappa shape index (κ3) is 3.90. The van der Waals surface area contributed by atoms with Crippen molar-refractivity contribution in [2.45, 2.75) is 39.3 Å². The number of rotatable bonds is 3. The van der Waals surface area contributed by atoms with Crippen molar-refractivity contribution in [3.63, 3.8) is 0 Å². The molecule has 4 rings (SSSR count). The lowest BCUT2D eigenvalue weighted by Gasteiger charge is -2.37. The average Bonchev–Trinajstić information content (AvgIpc) is 2.70. The maximum atomic E-state index is 12.8. The minimum absolute atomic E-state index is 0.0476. The summed E-state index contributed by atoms with van der Waals surface area (Å²) < 4.78 is 1.54. The lowest BCUT2D eigenvalue weighted by molar-refractivity contribution is -0.139. The first-order chi connectivity index (χ1) is 13.1.